The van der Waals surface area contributed by atoms with Gasteiger partial charge in [-0.3, -0.25) is 19.3 Å². The van der Waals surface area contributed by atoms with Gasteiger partial charge >= 0.3 is 0 Å². The second kappa shape index (κ2) is 10.4. The van der Waals surface area contributed by atoms with Gasteiger partial charge in [-0.15, -0.1) is 24.0 Å². The van der Waals surface area contributed by atoms with E-state index in [2.05, 4.69) is 34.7 Å². The monoisotopic (exact) mass is 517 g/mol. The van der Waals surface area contributed by atoms with E-state index in [1.807, 2.05) is 0 Å². The average molecular weight is 517 g/mol. The van der Waals surface area contributed by atoms with Gasteiger partial charge in [0.1, 0.15) is 6.54 Å². The van der Waals surface area contributed by atoms with Gasteiger partial charge < -0.3 is 15.5 Å². The number of aliphatic imine (C=N–C) groups is 1. The van der Waals surface area contributed by atoms with E-state index in [1.165, 1.54) is 9.80 Å². The molecule has 3 rings (SSSR count). The molecule has 1 aliphatic heterocycles. The SMILES string of the molecule is CCCCNC(=NCC(=O)N(C)C)NCCN1C(=O)C2C3C=CC(C3)C2C1=O.I. The zero-order valence-corrected chi connectivity index (χ0v) is 19.7. The van der Waals surface area contributed by atoms with Crippen molar-refractivity contribution in [3.63, 3.8) is 0 Å². The first-order valence-electron chi connectivity index (χ1n) is 10.2. The number of likely N-dealkylation sites (N-methyl/N-ethyl adjacent to an activating group) is 1. The van der Waals surface area contributed by atoms with E-state index in [9.17, 15) is 14.4 Å². The molecule has 9 heteroatoms. The number of rotatable bonds is 8. The second-order valence-corrected chi connectivity index (χ2v) is 7.99. The smallest absolute Gasteiger partial charge is 0.243 e. The summed E-state index contributed by atoms with van der Waals surface area (Å²) in [6.45, 7) is 3.63. The van der Waals surface area contributed by atoms with Crippen molar-refractivity contribution in [2.75, 3.05) is 40.3 Å². The molecule has 0 aromatic carbocycles. The molecule has 2 N–H and O–H groups in total. The van der Waals surface area contributed by atoms with Gasteiger partial charge in [0.05, 0.1) is 11.8 Å². The Morgan fingerprint density at radius 2 is 1.72 bits per heavy atom. The second-order valence-electron chi connectivity index (χ2n) is 7.99. The summed E-state index contributed by atoms with van der Waals surface area (Å²) in [4.78, 5) is 44.4. The van der Waals surface area contributed by atoms with Gasteiger partial charge in [0, 0.05) is 33.7 Å². The molecule has 162 valence electrons. The molecule has 4 unspecified atom stereocenters. The highest BCUT2D eigenvalue weighted by atomic mass is 127. The first-order valence-corrected chi connectivity index (χ1v) is 10.2. The summed E-state index contributed by atoms with van der Waals surface area (Å²) in [5.41, 5.74) is 0. The van der Waals surface area contributed by atoms with Crippen molar-refractivity contribution >= 4 is 47.7 Å². The molecule has 1 heterocycles. The number of halogens is 1. The van der Waals surface area contributed by atoms with Crippen LogP contribution in [0, 0.1) is 23.7 Å². The van der Waals surface area contributed by atoms with Crippen LogP contribution in [0.3, 0.4) is 0 Å². The van der Waals surface area contributed by atoms with Gasteiger partial charge in [0.25, 0.3) is 0 Å². The van der Waals surface area contributed by atoms with Crippen molar-refractivity contribution in [3.05, 3.63) is 12.2 Å². The molecule has 3 aliphatic rings. The summed E-state index contributed by atoms with van der Waals surface area (Å²) >= 11 is 0. The summed E-state index contributed by atoms with van der Waals surface area (Å²) in [6, 6.07) is 0. The van der Waals surface area contributed by atoms with Crippen molar-refractivity contribution in [2.45, 2.75) is 26.2 Å². The molecule has 2 aliphatic carbocycles. The van der Waals surface area contributed by atoms with Crippen molar-refractivity contribution < 1.29 is 14.4 Å². The quantitative estimate of drug-likeness (QED) is 0.124. The zero-order valence-electron chi connectivity index (χ0n) is 17.4. The third kappa shape index (κ3) is 5.10. The van der Waals surface area contributed by atoms with Crippen LogP contribution in [-0.4, -0.2) is 73.8 Å². The van der Waals surface area contributed by atoms with Gasteiger partial charge in [-0.25, -0.2) is 4.99 Å². The number of carbonyl (C=O) groups excluding carboxylic acids is 3. The van der Waals surface area contributed by atoms with Gasteiger partial charge in [-0.2, -0.15) is 0 Å². The van der Waals surface area contributed by atoms with Crippen molar-refractivity contribution in [1.29, 1.82) is 0 Å². The largest absolute Gasteiger partial charge is 0.356 e. The normalized spacial score (nSPS) is 27.1. The minimum Gasteiger partial charge on any atom is -0.356 e. The van der Waals surface area contributed by atoms with Crippen LogP contribution in [0.25, 0.3) is 0 Å². The summed E-state index contributed by atoms with van der Waals surface area (Å²) < 4.78 is 0. The van der Waals surface area contributed by atoms with Crippen LogP contribution in [0.4, 0.5) is 0 Å². The summed E-state index contributed by atoms with van der Waals surface area (Å²) in [7, 11) is 3.39. The van der Waals surface area contributed by atoms with Gasteiger partial charge in [0.15, 0.2) is 5.96 Å². The van der Waals surface area contributed by atoms with Crippen LogP contribution in [0.15, 0.2) is 17.1 Å². The number of allylic oxidation sites excluding steroid dienone is 2. The van der Waals surface area contributed by atoms with E-state index in [-0.39, 0.29) is 71.9 Å². The minimum atomic E-state index is -0.156. The molecule has 1 saturated heterocycles. The highest BCUT2D eigenvalue weighted by molar-refractivity contribution is 14.0. The Morgan fingerprint density at radius 3 is 2.28 bits per heavy atom. The number of nitrogens with one attached hydrogen (secondary N) is 2. The van der Waals surface area contributed by atoms with Gasteiger partial charge in [-0.05, 0) is 24.7 Å². The molecule has 2 fully saturated rings. The summed E-state index contributed by atoms with van der Waals surface area (Å²) in [6.07, 6.45) is 7.18. The highest BCUT2D eigenvalue weighted by Gasteiger charge is 2.58. The van der Waals surface area contributed by atoms with E-state index in [4.69, 9.17) is 0 Å². The standard InChI is InChI=1S/C20H31N5O3.HI/c1-4-5-8-21-20(23-12-15(26)24(2)3)22-9-10-25-18(27)16-13-6-7-14(11-13)17(16)19(25)28;/h6-7,13-14,16-17H,4-5,8-12H2,1-3H3,(H2,21,22,23);1H. The van der Waals surface area contributed by atoms with Crippen molar-refractivity contribution in [3.8, 4) is 0 Å². The Kier molecular flexibility index (Phi) is 8.47. The Balaban J connectivity index is 0.00000300. The van der Waals surface area contributed by atoms with Crippen LogP contribution >= 0.6 is 24.0 Å². The molecule has 0 aromatic heterocycles. The number of likely N-dealkylation sites (tertiary alicyclic amines) is 1. The lowest BCUT2D eigenvalue weighted by molar-refractivity contribution is -0.140. The fourth-order valence-corrected chi connectivity index (χ4v) is 4.32. The Hall–Kier alpha value is -1.65. The van der Waals surface area contributed by atoms with Crippen molar-refractivity contribution in [1.82, 2.24) is 20.4 Å². The predicted molar refractivity (Wildman–Crippen MR) is 122 cm³/mol. The van der Waals surface area contributed by atoms with E-state index in [1.54, 1.807) is 14.1 Å². The number of fused-ring (bicyclic) bond motifs is 5. The van der Waals surface area contributed by atoms with E-state index in [0.717, 1.165) is 25.8 Å². The highest BCUT2D eigenvalue weighted by Crippen LogP contribution is 2.52. The first kappa shape index (κ1) is 23.6. The lowest BCUT2D eigenvalue weighted by Gasteiger charge is -2.19. The first-order chi connectivity index (χ1) is 13.4. The minimum absolute atomic E-state index is 0. The topological polar surface area (TPSA) is 94.1 Å². The maximum absolute atomic E-state index is 12.7. The number of carbonyl (C=O) groups is 3. The van der Waals surface area contributed by atoms with Crippen LogP contribution < -0.4 is 10.6 Å². The number of unbranched alkanes of at least 4 members (excludes halogenated alkanes) is 1. The molecule has 0 radical (unpaired) electrons. The number of hydrogen-bond donors (Lipinski definition) is 2. The Labute approximate surface area is 189 Å². The molecule has 4 atom stereocenters. The number of amides is 3. The van der Waals surface area contributed by atoms with Crippen LogP contribution in [-0.2, 0) is 14.4 Å². The van der Waals surface area contributed by atoms with E-state index in [0.29, 0.717) is 19.0 Å². The zero-order chi connectivity index (χ0) is 20.3. The average Bonchev–Trinajstić information content (AvgIpc) is 3.34. The lowest BCUT2D eigenvalue weighted by Crippen LogP contribution is -2.44. The summed E-state index contributed by atoms with van der Waals surface area (Å²) in [5.74, 6) is 0.528. The van der Waals surface area contributed by atoms with Crippen LogP contribution in [0.1, 0.15) is 26.2 Å². The molecule has 29 heavy (non-hydrogen) atoms. The third-order valence-corrected chi connectivity index (χ3v) is 5.88. The lowest BCUT2D eigenvalue weighted by atomic mass is 9.85. The van der Waals surface area contributed by atoms with Crippen molar-refractivity contribution in [2.24, 2.45) is 28.7 Å². The number of imide groups is 1. The Bertz CT molecular complexity index is 664. The molecule has 3 amide bonds. The van der Waals surface area contributed by atoms with Gasteiger partial charge in [0.2, 0.25) is 17.7 Å². The maximum atomic E-state index is 12.7. The number of nitrogens with zero attached hydrogens (tertiary/aromatic N) is 3. The summed E-state index contributed by atoms with van der Waals surface area (Å²) in [5, 5.41) is 6.35. The predicted octanol–water partition coefficient (Wildman–Crippen LogP) is 0.835. The number of guanidine groups is 1. The third-order valence-electron chi connectivity index (χ3n) is 5.88. The molecule has 0 spiro atoms. The fourth-order valence-electron chi connectivity index (χ4n) is 4.32. The maximum Gasteiger partial charge on any atom is 0.243 e. The van der Waals surface area contributed by atoms with Crippen LogP contribution in [0.2, 0.25) is 0 Å². The van der Waals surface area contributed by atoms with Gasteiger partial charge in [-0.1, -0.05) is 25.5 Å². The molecule has 0 aromatic rings. The molecule has 2 bridgehead atoms. The van der Waals surface area contributed by atoms with E-state index < -0.39 is 0 Å². The molecule has 1 saturated carbocycles. The van der Waals surface area contributed by atoms with E-state index >= 15 is 0 Å². The Morgan fingerprint density at radius 1 is 1.14 bits per heavy atom. The molecular formula is C20H32IN5O3. The fraction of sp³-hybridized carbons (Fsp3) is 0.700. The molecular weight excluding hydrogens is 485 g/mol. The molecule has 8 nitrogen and oxygen atoms in total. The van der Waals surface area contributed by atoms with Crippen LogP contribution in [0.5, 0.6) is 0 Å². The number of hydrogen-bond acceptors (Lipinski definition) is 4.